The number of carbonyl (C=O) groups is 1. The van der Waals surface area contributed by atoms with Crippen LogP contribution in [-0.4, -0.2) is 31.8 Å². The molecule has 0 aromatic heterocycles. The van der Waals surface area contributed by atoms with Crippen LogP contribution in [0, 0.1) is 0 Å². The molecule has 1 aliphatic rings. The third kappa shape index (κ3) is 4.45. The van der Waals surface area contributed by atoms with Crippen LogP contribution in [0.1, 0.15) is 18.4 Å². The van der Waals surface area contributed by atoms with Gasteiger partial charge in [-0.2, -0.15) is 8.78 Å². The molecule has 1 atom stereocenters. The average Bonchev–Trinajstić information content (AvgIpc) is 2.94. The Labute approximate surface area is 116 Å². The number of ether oxygens (including phenoxy) is 2. The molecule has 110 valence electrons. The lowest BCUT2D eigenvalue weighted by Crippen LogP contribution is -2.35. The zero-order valence-corrected chi connectivity index (χ0v) is 11.0. The van der Waals surface area contributed by atoms with Crippen molar-refractivity contribution in [3.63, 3.8) is 0 Å². The predicted octanol–water partition coefficient (Wildman–Crippen LogP) is 2.13. The van der Waals surface area contributed by atoms with Gasteiger partial charge >= 0.3 is 6.61 Å². The fraction of sp³-hybridized carbons (Fsp3) is 0.500. The van der Waals surface area contributed by atoms with E-state index >= 15 is 0 Å². The molecular formula is C14H17F2NO3. The molecule has 0 aliphatic carbocycles. The maximum absolute atomic E-state index is 12.0. The zero-order chi connectivity index (χ0) is 14.4. The van der Waals surface area contributed by atoms with E-state index in [4.69, 9.17) is 4.74 Å². The molecule has 1 aromatic rings. The van der Waals surface area contributed by atoms with Crippen molar-refractivity contribution in [2.24, 2.45) is 0 Å². The minimum Gasteiger partial charge on any atom is -0.435 e. The summed E-state index contributed by atoms with van der Waals surface area (Å²) in [6.45, 7) is -1.68. The van der Waals surface area contributed by atoms with Gasteiger partial charge in [-0.15, -0.1) is 0 Å². The van der Waals surface area contributed by atoms with Gasteiger partial charge in [0.1, 0.15) is 11.9 Å². The van der Waals surface area contributed by atoms with E-state index in [2.05, 4.69) is 10.1 Å². The van der Waals surface area contributed by atoms with Gasteiger partial charge < -0.3 is 14.8 Å². The van der Waals surface area contributed by atoms with E-state index in [1.54, 1.807) is 12.1 Å². The third-order valence-electron chi connectivity index (χ3n) is 3.08. The molecule has 2 rings (SSSR count). The van der Waals surface area contributed by atoms with E-state index < -0.39 is 6.61 Å². The Morgan fingerprint density at radius 3 is 2.75 bits per heavy atom. The fourth-order valence-electron chi connectivity index (χ4n) is 2.07. The molecule has 0 radical (unpaired) electrons. The van der Waals surface area contributed by atoms with Crippen LogP contribution in [0.15, 0.2) is 24.3 Å². The first kappa shape index (κ1) is 14.7. The van der Waals surface area contributed by atoms with Crippen LogP contribution in [0.3, 0.4) is 0 Å². The molecule has 1 fully saturated rings. The molecular weight excluding hydrogens is 268 g/mol. The van der Waals surface area contributed by atoms with Crippen LogP contribution in [0.5, 0.6) is 5.75 Å². The van der Waals surface area contributed by atoms with Gasteiger partial charge in [0.25, 0.3) is 0 Å². The average molecular weight is 285 g/mol. The number of amides is 1. The molecule has 0 bridgehead atoms. The molecule has 1 heterocycles. The number of benzene rings is 1. The summed E-state index contributed by atoms with van der Waals surface area (Å²) in [6, 6.07) is 6.39. The topological polar surface area (TPSA) is 47.6 Å². The second-order valence-electron chi connectivity index (χ2n) is 4.57. The van der Waals surface area contributed by atoms with Crippen molar-refractivity contribution in [3.8, 4) is 5.75 Å². The van der Waals surface area contributed by atoms with Crippen LogP contribution in [0.2, 0.25) is 0 Å². The van der Waals surface area contributed by atoms with Gasteiger partial charge in [0.05, 0.1) is 0 Å². The van der Waals surface area contributed by atoms with Gasteiger partial charge in [-0.3, -0.25) is 4.79 Å². The Bertz CT molecular complexity index is 431. The molecule has 20 heavy (non-hydrogen) atoms. The Kier molecular flexibility index (Phi) is 5.29. The van der Waals surface area contributed by atoms with Crippen molar-refractivity contribution < 1.29 is 23.0 Å². The summed E-state index contributed by atoms with van der Waals surface area (Å²) >= 11 is 0. The zero-order valence-electron chi connectivity index (χ0n) is 11.0. The number of carbonyl (C=O) groups excluding carboxylic acids is 1. The first-order chi connectivity index (χ1) is 9.65. The van der Waals surface area contributed by atoms with E-state index in [-0.39, 0.29) is 17.8 Å². The van der Waals surface area contributed by atoms with Gasteiger partial charge in [-0.25, -0.2) is 0 Å². The minimum absolute atomic E-state index is 0.0832. The Balaban J connectivity index is 1.72. The normalized spacial score (nSPS) is 18.2. The lowest BCUT2D eigenvalue weighted by molar-refractivity contribution is -0.130. The highest BCUT2D eigenvalue weighted by molar-refractivity contribution is 5.80. The summed E-state index contributed by atoms with van der Waals surface area (Å²) in [5.41, 5.74) is 0.944. The quantitative estimate of drug-likeness (QED) is 0.871. The van der Waals surface area contributed by atoms with Crippen LogP contribution in [0.25, 0.3) is 0 Å². The second-order valence-corrected chi connectivity index (χ2v) is 4.57. The molecule has 1 saturated heterocycles. The predicted molar refractivity (Wildman–Crippen MR) is 68.8 cm³/mol. The van der Waals surface area contributed by atoms with E-state index in [0.717, 1.165) is 18.4 Å². The first-order valence-electron chi connectivity index (χ1n) is 6.58. The lowest BCUT2D eigenvalue weighted by Gasteiger charge is -2.10. The van der Waals surface area contributed by atoms with Crippen LogP contribution in [-0.2, 0) is 16.0 Å². The summed E-state index contributed by atoms with van der Waals surface area (Å²) < 4.78 is 33.5. The summed E-state index contributed by atoms with van der Waals surface area (Å²) in [7, 11) is 0. The number of rotatable bonds is 6. The Hall–Kier alpha value is -1.69. The monoisotopic (exact) mass is 285 g/mol. The maximum atomic E-state index is 12.0. The van der Waals surface area contributed by atoms with E-state index in [1.807, 2.05) is 0 Å². The van der Waals surface area contributed by atoms with Crippen LogP contribution < -0.4 is 10.1 Å². The standard InChI is InChI=1S/C14H17F2NO3/c15-14(16)20-11-5-3-10(4-6-11)7-8-17-13(18)12-2-1-9-19-12/h3-6,12,14H,1-2,7-9H2,(H,17,18). The molecule has 1 N–H and O–H groups in total. The highest BCUT2D eigenvalue weighted by Gasteiger charge is 2.22. The van der Waals surface area contributed by atoms with Crippen LogP contribution >= 0.6 is 0 Å². The van der Waals surface area contributed by atoms with Gasteiger partial charge in [0, 0.05) is 13.2 Å². The van der Waals surface area contributed by atoms with Crippen molar-refractivity contribution in [2.45, 2.75) is 32.0 Å². The number of nitrogens with one attached hydrogen (secondary N) is 1. The number of alkyl halides is 2. The van der Waals surface area contributed by atoms with Gasteiger partial charge in [-0.05, 0) is 37.0 Å². The lowest BCUT2D eigenvalue weighted by atomic mass is 10.1. The van der Waals surface area contributed by atoms with E-state index in [1.165, 1.54) is 12.1 Å². The number of hydrogen-bond acceptors (Lipinski definition) is 3. The summed E-state index contributed by atoms with van der Waals surface area (Å²) in [4.78, 5) is 11.7. The SMILES string of the molecule is O=C(NCCc1ccc(OC(F)F)cc1)C1CCCO1. The highest BCUT2D eigenvalue weighted by atomic mass is 19.3. The van der Waals surface area contributed by atoms with Crippen molar-refractivity contribution in [1.82, 2.24) is 5.32 Å². The van der Waals surface area contributed by atoms with Crippen molar-refractivity contribution in [2.75, 3.05) is 13.2 Å². The summed E-state index contributed by atoms with van der Waals surface area (Å²) in [5, 5.41) is 2.80. The molecule has 6 heteroatoms. The van der Waals surface area contributed by atoms with Crippen molar-refractivity contribution >= 4 is 5.91 Å². The van der Waals surface area contributed by atoms with E-state index in [9.17, 15) is 13.6 Å². The first-order valence-corrected chi connectivity index (χ1v) is 6.58. The highest BCUT2D eigenvalue weighted by Crippen LogP contribution is 2.15. The summed E-state index contributed by atoms with van der Waals surface area (Å²) in [6.07, 6.45) is 2.00. The maximum Gasteiger partial charge on any atom is 0.387 e. The molecule has 1 unspecified atom stereocenters. The summed E-state index contributed by atoms with van der Waals surface area (Å²) in [5.74, 6) is 0.0484. The van der Waals surface area contributed by atoms with Crippen molar-refractivity contribution in [3.05, 3.63) is 29.8 Å². The molecule has 1 aromatic carbocycles. The molecule has 4 nitrogen and oxygen atoms in total. The molecule has 1 amide bonds. The second kappa shape index (κ2) is 7.19. The smallest absolute Gasteiger partial charge is 0.387 e. The van der Waals surface area contributed by atoms with Gasteiger partial charge in [0.15, 0.2) is 0 Å². The Morgan fingerprint density at radius 2 is 2.15 bits per heavy atom. The molecule has 0 saturated carbocycles. The minimum atomic E-state index is -2.81. The fourth-order valence-corrected chi connectivity index (χ4v) is 2.07. The number of hydrogen-bond donors (Lipinski definition) is 1. The van der Waals surface area contributed by atoms with E-state index in [0.29, 0.717) is 19.6 Å². The van der Waals surface area contributed by atoms with Gasteiger partial charge in [-0.1, -0.05) is 12.1 Å². The Morgan fingerprint density at radius 1 is 1.40 bits per heavy atom. The van der Waals surface area contributed by atoms with Crippen molar-refractivity contribution in [1.29, 1.82) is 0 Å². The largest absolute Gasteiger partial charge is 0.435 e. The van der Waals surface area contributed by atoms with Gasteiger partial charge in [0.2, 0.25) is 5.91 Å². The molecule has 0 spiro atoms. The number of halogens is 2. The molecule has 1 aliphatic heterocycles. The third-order valence-corrected chi connectivity index (χ3v) is 3.08. The van der Waals surface area contributed by atoms with Crippen LogP contribution in [0.4, 0.5) is 8.78 Å².